The van der Waals surface area contributed by atoms with Crippen LogP contribution in [-0.2, 0) is 0 Å². The van der Waals surface area contributed by atoms with Gasteiger partial charge in [0.1, 0.15) is 34.3 Å². The van der Waals surface area contributed by atoms with Crippen molar-refractivity contribution in [3.05, 3.63) is 187 Å². The predicted octanol–water partition coefficient (Wildman–Crippen LogP) is 11.9. The van der Waals surface area contributed by atoms with E-state index in [2.05, 4.69) is 108 Å². The van der Waals surface area contributed by atoms with E-state index < -0.39 is 6.17 Å². The van der Waals surface area contributed by atoms with E-state index in [-0.39, 0.29) is 0 Å². The minimum Gasteiger partial charge on any atom is -0.456 e. The van der Waals surface area contributed by atoms with E-state index in [1.165, 1.54) is 0 Å². The summed E-state index contributed by atoms with van der Waals surface area (Å²) >= 11 is 0. The lowest BCUT2D eigenvalue weighted by molar-refractivity contribution is 0.662. The van der Waals surface area contributed by atoms with Gasteiger partial charge in [-0.2, -0.15) is 0 Å². The van der Waals surface area contributed by atoms with Crippen LogP contribution in [-0.4, -0.2) is 16.7 Å². The number of nitrogens with zero attached hydrogens (tertiary/aromatic N) is 3. The number of fused-ring (bicyclic) bond motifs is 7. The summed E-state index contributed by atoms with van der Waals surface area (Å²) in [5.41, 5.74) is 12.0. The number of nitrogens with one attached hydrogen (secondary N) is 1. The zero-order valence-corrected chi connectivity index (χ0v) is 28.9. The van der Waals surface area contributed by atoms with Crippen LogP contribution in [0.25, 0.3) is 77.2 Å². The Morgan fingerprint density at radius 1 is 0.500 bits per heavy atom. The van der Waals surface area contributed by atoms with Gasteiger partial charge in [0.25, 0.3) is 0 Å². The highest BCUT2D eigenvalue weighted by Gasteiger charge is 2.27. The van der Waals surface area contributed by atoms with Crippen molar-refractivity contribution in [3.8, 4) is 22.3 Å². The van der Waals surface area contributed by atoms with E-state index in [9.17, 15) is 0 Å². The zero-order valence-electron chi connectivity index (χ0n) is 28.9. The Labute approximate surface area is 309 Å². The van der Waals surface area contributed by atoms with Crippen molar-refractivity contribution in [3.63, 3.8) is 0 Å². The molecule has 0 saturated carbocycles. The number of hydrogen-bond donors (Lipinski definition) is 1. The second kappa shape index (κ2) is 12.1. The van der Waals surface area contributed by atoms with Crippen LogP contribution in [0.4, 0.5) is 0 Å². The normalized spacial score (nSPS) is 14.5. The van der Waals surface area contributed by atoms with E-state index in [0.717, 1.165) is 99.7 Å². The van der Waals surface area contributed by atoms with Crippen molar-refractivity contribution in [2.75, 3.05) is 0 Å². The lowest BCUT2D eigenvalue weighted by atomic mass is 9.92. The van der Waals surface area contributed by atoms with Gasteiger partial charge in [-0.3, -0.25) is 0 Å². The molecule has 0 radical (unpaired) electrons. The highest BCUT2D eigenvalue weighted by atomic mass is 16.3. The average Bonchev–Trinajstić information content (AvgIpc) is 3.81. The molecule has 11 rings (SSSR count). The first-order valence-corrected chi connectivity index (χ1v) is 18.1. The monoisotopic (exact) mass is 694 g/mol. The Balaban J connectivity index is 1.14. The molecule has 1 aliphatic heterocycles. The average molecular weight is 695 g/mol. The quantitative estimate of drug-likeness (QED) is 0.195. The highest BCUT2D eigenvalue weighted by Crippen LogP contribution is 2.43. The third-order valence-electron chi connectivity index (χ3n) is 10.4. The molecule has 7 aromatic carbocycles. The first-order valence-electron chi connectivity index (χ1n) is 18.1. The standard InChI is InChI=1S/C48H30N4O2/c1-3-14-29(15-4-1)32-26-27-34(43-44-41(54-45(32)43)28-31-18-7-11-23-38(31)49-44)33-19-8-9-20-35(33)47-50-46(30-16-5-2-6-17-30)51-48(52-47)37-22-13-25-40-42(37)36-21-10-12-24-39(36)53-40/h1-28,48H,(H,50,51,52). The van der Waals surface area contributed by atoms with Gasteiger partial charge in [0.15, 0.2) is 11.4 Å². The number of hydrogen-bond acceptors (Lipinski definition) is 6. The third-order valence-corrected chi connectivity index (χ3v) is 10.4. The third kappa shape index (κ3) is 4.85. The van der Waals surface area contributed by atoms with Gasteiger partial charge >= 0.3 is 0 Å². The van der Waals surface area contributed by atoms with Crippen LogP contribution in [0.2, 0.25) is 0 Å². The summed E-state index contributed by atoms with van der Waals surface area (Å²) in [5, 5.41) is 7.86. The molecule has 6 nitrogen and oxygen atoms in total. The summed E-state index contributed by atoms with van der Waals surface area (Å²) in [6, 6.07) is 58.0. The topological polar surface area (TPSA) is 75.9 Å². The largest absolute Gasteiger partial charge is 0.456 e. The molecular formula is C48H30N4O2. The molecule has 0 fully saturated rings. The smallest absolute Gasteiger partial charge is 0.159 e. The van der Waals surface area contributed by atoms with Crippen LogP contribution in [0.15, 0.2) is 189 Å². The van der Waals surface area contributed by atoms with Crippen LogP contribution in [0.5, 0.6) is 0 Å². The molecule has 1 atom stereocenters. The van der Waals surface area contributed by atoms with E-state index >= 15 is 0 Å². The fourth-order valence-corrected chi connectivity index (χ4v) is 7.87. The number of aliphatic imine (C=N–C) groups is 2. The van der Waals surface area contributed by atoms with Gasteiger partial charge < -0.3 is 14.2 Å². The summed E-state index contributed by atoms with van der Waals surface area (Å²) in [7, 11) is 0. The Bertz CT molecular complexity index is 3140. The maximum absolute atomic E-state index is 6.78. The Morgan fingerprint density at radius 3 is 2.07 bits per heavy atom. The number of benzene rings is 7. The van der Waals surface area contributed by atoms with Crippen molar-refractivity contribution in [1.29, 1.82) is 0 Å². The fraction of sp³-hybridized carbons (Fsp3) is 0.0208. The first-order chi connectivity index (χ1) is 26.8. The molecular weight excluding hydrogens is 665 g/mol. The van der Waals surface area contributed by atoms with Crippen LogP contribution in [0.1, 0.15) is 22.9 Å². The van der Waals surface area contributed by atoms with Gasteiger partial charge in [0.05, 0.1) is 10.9 Å². The molecule has 0 bridgehead atoms. The molecule has 4 heterocycles. The molecule has 54 heavy (non-hydrogen) atoms. The van der Waals surface area contributed by atoms with Crippen molar-refractivity contribution >= 4 is 66.6 Å². The van der Waals surface area contributed by atoms with Crippen LogP contribution in [0.3, 0.4) is 0 Å². The number of pyridine rings is 1. The lowest BCUT2D eigenvalue weighted by Gasteiger charge is -2.25. The second-order valence-electron chi connectivity index (χ2n) is 13.6. The Morgan fingerprint density at radius 2 is 1.20 bits per heavy atom. The van der Waals surface area contributed by atoms with E-state index in [4.69, 9.17) is 23.8 Å². The molecule has 1 N–H and O–H groups in total. The molecule has 1 unspecified atom stereocenters. The minimum absolute atomic E-state index is 0.436. The molecule has 0 saturated heterocycles. The molecule has 254 valence electrons. The van der Waals surface area contributed by atoms with E-state index in [0.29, 0.717) is 5.84 Å². The molecule has 1 aliphatic rings. The fourth-order valence-electron chi connectivity index (χ4n) is 7.87. The molecule has 6 heteroatoms. The summed E-state index contributed by atoms with van der Waals surface area (Å²) in [6.45, 7) is 0. The Kier molecular flexibility index (Phi) is 6.82. The van der Waals surface area contributed by atoms with Crippen molar-refractivity contribution in [2.24, 2.45) is 9.98 Å². The minimum atomic E-state index is -0.436. The van der Waals surface area contributed by atoms with Crippen LogP contribution >= 0.6 is 0 Å². The van der Waals surface area contributed by atoms with Crippen molar-refractivity contribution in [1.82, 2.24) is 10.3 Å². The van der Waals surface area contributed by atoms with E-state index in [1.807, 2.05) is 66.7 Å². The zero-order chi connectivity index (χ0) is 35.6. The summed E-state index contributed by atoms with van der Waals surface area (Å²) in [5.74, 6) is 1.38. The maximum atomic E-state index is 6.78. The lowest BCUT2D eigenvalue weighted by Crippen LogP contribution is -2.34. The SMILES string of the molecule is c1ccc(C2=NC(c3cccc4oc5ccccc5c34)NC(c3ccccc3-c3ccc(-c4ccccc4)c4oc5cc6ccccc6nc5c34)=N2)cc1. The Hall–Kier alpha value is -7.31. The number of furan rings is 2. The van der Waals surface area contributed by atoms with Gasteiger partial charge in [-0.05, 0) is 47.0 Å². The van der Waals surface area contributed by atoms with Gasteiger partial charge in [-0.15, -0.1) is 0 Å². The van der Waals surface area contributed by atoms with Crippen molar-refractivity contribution in [2.45, 2.75) is 6.17 Å². The molecule has 0 aliphatic carbocycles. The second-order valence-corrected chi connectivity index (χ2v) is 13.6. The number of para-hydroxylation sites is 2. The first kappa shape index (κ1) is 30.3. The van der Waals surface area contributed by atoms with Gasteiger partial charge in [0, 0.05) is 38.4 Å². The highest BCUT2D eigenvalue weighted by molar-refractivity contribution is 6.20. The van der Waals surface area contributed by atoms with Gasteiger partial charge in [-0.1, -0.05) is 140 Å². The molecule has 10 aromatic rings. The van der Waals surface area contributed by atoms with Crippen LogP contribution in [0, 0.1) is 0 Å². The predicted molar refractivity (Wildman–Crippen MR) is 219 cm³/mol. The van der Waals surface area contributed by atoms with Crippen molar-refractivity contribution < 1.29 is 8.83 Å². The number of amidine groups is 2. The summed E-state index contributed by atoms with van der Waals surface area (Å²) in [4.78, 5) is 15.7. The molecule has 0 spiro atoms. The molecule has 3 aromatic heterocycles. The molecule has 0 amide bonds. The summed E-state index contributed by atoms with van der Waals surface area (Å²) in [6.07, 6.45) is -0.436. The summed E-state index contributed by atoms with van der Waals surface area (Å²) < 4.78 is 13.1. The van der Waals surface area contributed by atoms with Gasteiger partial charge in [0.2, 0.25) is 0 Å². The van der Waals surface area contributed by atoms with E-state index in [1.54, 1.807) is 0 Å². The number of rotatable bonds is 5. The maximum Gasteiger partial charge on any atom is 0.159 e. The van der Waals surface area contributed by atoms with Gasteiger partial charge in [-0.25, -0.2) is 15.0 Å². The van der Waals surface area contributed by atoms with Crippen LogP contribution < -0.4 is 5.32 Å². The number of aromatic nitrogens is 1.